The molecule has 3 saturated heterocycles. The topological polar surface area (TPSA) is 130 Å². The van der Waals surface area contributed by atoms with E-state index in [1.165, 1.54) is 0 Å². The quantitative estimate of drug-likeness (QED) is 0.324. The standard InChI is InChI=1S/C33H60N4O8/c1-20-17-33(8,42-11)29(45-30-27(39)26(35(9)10)16-21(2)43-30)22(3)28(40)32(6,7)31(41)44-23(4)25(34-18-20)19-36-12-14-37(15-13-36)24(5)38/h20-23,25-27,29-30,34,39H,12-19H2,1-11H3/t20-,21-,22+,23+,25+,26+,27-,29-,30+,33-/m1/s1. The molecule has 0 radical (unpaired) electrons. The average Bonchev–Trinajstić information content (AvgIpc) is 2.98. The number of likely N-dealkylation sites (N-methyl/N-ethyl adjacent to an activating group) is 1. The molecule has 0 aromatic rings. The summed E-state index contributed by atoms with van der Waals surface area (Å²) in [4.78, 5) is 45.8. The van der Waals surface area contributed by atoms with Crippen LogP contribution >= 0.6 is 0 Å². The zero-order valence-electron chi connectivity index (χ0n) is 29.5. The number of ether oxygens (including phenoxy) is 4. The summed E-state index contributed by atoms with van der Waals surface area (Å²) in [7, 11) is 5.44. The monoisotopic (exact) mass is 640 g/mol. The third-order valence-electron chi connectivity index (χ3n) is 10.2. The highest BCUT2D eigenvalue weighted by Crippen LogP contribution is 2.38. The molecular weight excluding hydrogens is 580 g/mol. The summed E-state index contributed by atoms with van der Waals surface area (Å²) in [5, 5.41) is 14.9. The fourth-order valence-corrected chi connectivity index (χ4v) is 7.13. The molecule has 3 rings (SSSR count). The lowest BCUT2D eigenvalue weighted by Crippen LogP contribution is -2.59. The minimum absolute atomic E-state index is 0.0761. The van der Waals surface area contributed by atoms with Crippen molar-refractivity contribution in [2.45, 2.75) is 117 Å². The molecular formula is C33H60N4O8. The number of aliphatic hydroxyl groups is 1. The van der Waals surface area contributed by atoms with Gasteiger partial charge in [0.15, 0.2) is 12.1 Å². The van der Waals surface area contributed by atoms with Crippen molar-refractivity contribution in [3.05, 3.63) is 0 Å². The number of esters is 1. The van der Waals surface area contributed by atoms with Gasteiger partial charge in [-0.15, -0.1) is 0 Å². The number of amides is 1. The molecule has 3 fully saturated rings. The number of carbonyl (C=O) groups is 3. The van der Waals surface area contributed by atoms with Crippen molar-refractivity contribution in [3.8, 4) is 0 Å². The number of rotatable bonds is 6. The van der Waals surface area contributed by atoms with Crippen molar-refractivity contribution in [2.24, 2.45) is 17.3 Å². The lowest BCUT2D eigenvalue weighted by atomic mass is 9.74. The van der Waals surface area contributed by atoms with E-state index >= 15 is 0 Å². The highest BCUT2D eigenvalue weighted by atomic mass is 16.7. The molecule has 0 saturated carbocycles. The Bertz CT molecular complexity index is 1020. The second-order valence-electron chi connectivity index (χ2n) is 14.7. The molecule has 1 amide bonds. The third-order valence-corrected chi connectivity index (χ3v) is 10.2. The van der Waals surface area contributed by atoms with Crippen molar-refractivity contribution in [1.29, 1.82) is 0 Å². The summed E-state index contributed by atoms with van der Waals surface area (Å²) < 4.78 is 24.9. The van der Waals surface area contributed by atoms with Crippen LogP contribution in [0.15, 0.2) is 0 Å². The van der Waals surface area contributed by atoms with Crippen LogP contribution in [0.3, 0.4) is 0 Å². The summed E-state index contributed by atoms with van der Waals surface area (Å²) in [6.07, 6.45) is -2.25. The van der Waals surface area contributed by atoms with Gasteiger partial charge < -0.3 is 39.2 Å². The molecule has 12 heteroatoms. The zero-order valence-corrected chi connectivity index (χ0v) is 29.5. The first-order valence-corrected chi connectivity index (χ1v) is 16.6. The first kappa shape index (κ1) is 37.8. The minimum atomic E-state index is -1.47. The van der Waals surface area contributed by atoms with E-state index in [9.17, 15) is 19.5 Å². The van der Waals surface area contributed by atoms with Crippen molar-refractivity contribution < 1.29 is 38.4 Å². The number of piperazine rings is 1. The Balaban J connectivity index is 1.91. The summed E-state index contributed by atoms with van der Waals surface area (Å²) in [5.74, 6) is -1.55. The number of aliphatic hydroxyl groups excluding tert-OH is 1. The molecule has 3 aliphatic heterocycles. The number of cyclic esters (lactones) is 1. The van der Waals surface area contributed by atoms with Gasteiger partial charge in [0.2, 0.25) is 5.91 Å². The van der Waals surface area contributed by atoms with Gasteiger partial charge in [0.05, 0.1) is 23.9 Å². The highest BCUT2D eigenvalue weighted by molar-refractivity contribution is 6.04. The number of carbonyl (C=O) groups excluding carboxylic acids is 3. The number of hydrogen-bond donors (Lipinski definition) is 2. The van der Waals surface area contributed by atoms with E-state index in [1.54, 1.807) is 34.8 Å². The predicted octanol–water partition coefficient (Wildman–Crippen LogP) is 1.53. The Morgan fingerprint density at radius 2 is 1.71 bits per heavy atom. The average molecular weight is 641 g/mol. The van der Waals surface area contributed by atoms with Crippen LogP contribution in [0.4, 0.5) is 0 Å². The van der Waals surface area contributed by atoms with Crippen LogP contribution in [0.2, 0.25) is 0 Å². The molecule has 0 aliphatic carbocycles. The predicted molar refractivity (Wildman–Crippen MR) is 170 cm³/mol. The first-order chi connectivity index (χ1) is 20.9. The molecule has 12 nitrogen and oxygen atoms in total. The largest absolute Gasteiger partial charge is 0.460 e. The third kappa shape index (κ3) is 9.03. The van der Waals surface area contributed by atoms with Crippen LogP contribution in [0.25, 0.3) is 0 Å². The summed E-state index contributed by atoms with van der Waals surface area (Å²) in [6, 6.07) is -0.382. The van der Waals surface area contributed by atoms with E-state index in [-0.39, 0.29) is 35.8 Å². The molecule has 260 valence electrons. The summed E-state index contributed by atoms with van der Waals surface area (Å²) in [5.41, 5.74) is -2.42. The lowest BCUT2D eigenvalue weighted by Gasteiger charge is -2.47. The van der Waals surface area contributed by atoms with Gasteiger partial charge in [-0.05, 0) is 74.0 Å². The first-order valence-electron chi connectivity index (χ1n) is 16.6. The number of ketones is 1. The fourth-order valence-electron chi connectivity index (χ4n) is 7.13. The molecule has 0 aromatic heterocycles. The summed E-state index contributed by atoms with van der Waals surface area (Å²) in [6.45, 7) is 18.4. The molecule has 2 N–H and O–H groups in total. The van der Waals surface area contributed by atoms with Gasteiger partial charge >= 0.3 is 5.97 Å². The van der Waals surface area contributed by atoms with Crippen LogP contribution in [0.5, 0.6) is 0 Å². The Labute approximate surface area is 270 Å². The van der Waals surface area contributed by atoms with Crippen LogP contribution in [0.1, 0.15) is 68.2 Å². The maximum atomic E-state index is 14.2. The smallest absolute Gasteiger partial charge is 0.319 e. The molecule has 10 atom stereocenters. The van der Waals surface area contributed by atoms with Gasteiger partial charge in [-0.2, -0.15) is 0 Å². The van der Waals surface area contributed by atoms with Gasteiger partial charge in [0.1, 0.15) is 17.6 Å². The van der Waals surface area contributed by atoms with Crippen LogP contribution in [-0.2, 0) is 33.3 Å². The van der Waals surface area contributed by atoms with Crippen LogP contribution in [-0.4, -0.2) is 146 Å². The Kier molecular flexibility index (Phi) is 13.0. The van der Waals surface area contributed by atoms with Gasteiger partial charge in [0.25, 0.3) is 0 Å². The minimum Gasteiger partial charge on any atom is -0.460 e. The highest BCUT2D eigenvalue weighted by Gasteiger charge is 2.51. The second kappa shape index (κ2) is 15.5. The molecule has 0 spiro atoms. The number of nitrogens with zero attached hydrogens (tertiary/aromatic N) is 3. The van der Waals surface area contributed by atoms with E-state index < -0.39 is 47.5 Å². The maximum absolute atomic E-state index is 14.2. The molecule has 45 heavy (non-hydrogen) atoms. The Hall–Kier alpha value is -1.67. The van der Waals surface area contributed by atoms with E-state index in [4.69, 9.17) is 18.9 Å². The normalized spacial score (nSPS) is 39.5. The van der Waals surface area contributed by atoms with Gasteiger partial charge in [-0.25, -0.2) is 0 Å². The summed E-state index contributed by atoms with van der Waals surface area (Å²) >= 11 is 0. The van der Waals surface area contributed by atoms with Crippen molar-refractivity contribution in [1.82, 2.24) is 20.0 Å². The molecule has 0 aromatic carbocycles. The van der Waals surface area contributed by atoms with Crippen LogP contribution < -0.4 is 5.32 Å². The fraction of sp³-hybridized carbons (Fsp3) is 0.909. The van der Waals surface area contributed by atoms with Crippen LogP contribution in [0, 0.1) is 17.3 Å². The zero-order chi connectivity index (χ0) is 33.9. The molecule has 0 bridgehead atoms. The van der Waals surface area contributed by atoms with Gasteiger partial charge in [-0.1, -0.05) is 13.8 Å². The second-order valence-corrected chi connectivity index (χ2v) is 14.7. The number of Topliss-reactive ketones (excluding diaryl/α,β-unsaturated/α-hetero) is 1. The van der Waals surface area contributed by atoms with Gasteiger partial charge in [-0.3, -0.25) is 19.3 Å². The van der Waals surface area contributed by atoms with E-state index in [2.05, 4.69) is 17.1 Å². The van der Waals surface area contributed by atoms with E-state index in [1.807, 2.05) is 44.7 Å². The molecule has 3 heterocycles. The Morgan fingerprint density at radius 1 is 1.09 bits per heavy atom. The van der Waals surface area contributed by atoms with Crippen molar-refractivity contribution in [2.75, 3.05) is 60.5 Å². The molecule has 3 aliphatic rings. The number of methoxy groups -OCH3 is 1. The lowest BCUT2D eigenvalue weighted by molar-refractivity contribution is -0.295. The van der Waals surface area contributed by atoms with Crippen molar-refractivity contribution in [3.63, 3.8) is 0 Å². The van der Waals surface area contributed by atoms with Crippen molar-refractivity contribution >= 4 is 17.7 Å². The molecule has 0 unspecified atom stereocenters. The Morgan fingerprint density at radius 3 is 2.27 bits per heavy atom. The number of nitrogens with one attached hydrogen (secondary N) is 1. The van der Waals surface area contributed by atoms with Gasteiger partial charge in [0, 0.05) is 58.7 Å². The van der Waals surface area contributed by atoms with E-state index in [0.29, 0.717) is 39.0 Å². The SMILES string of the molecule is CO[C@]1(C)C[C@@H](C)CN[C@@H](CN2CCN(C(C)=O)CC2)[C@H](C)OC(=O)C(C)(C)C(=O)[C@H](C)[C@H]1O[C@@H]1O[C@H](C)C[C@H](N(C)C)[C@H]1O. The maximum Gasteiger partial charge on any atom is 0.319 e. The number of hydrogen-bond acceptors (Lipinski definition) is 11. The van der Waals surface area contributed by atoms with E-state index in [0.717, 1.165) is 13.1 Å².